The highest BCUT2D eigenvalue weighted by molar-refractivity contribution is 5.94. The summed E-state index contributed by atoms with van der Waals surface area (Å²) >= 11 is 0. The lowest BCUT2D eigenvalue weighted by Crippen LogP contribution is -2.39. The Bertz CT molecular complexity index is 662. The Morgan fingerprint density at radius 3 is 2.73 bits per heavy atom. The maximum atomic E-state index is 13.7. The number of halogens is 1. The summed E-state index contributed by atoms with van der Waals surface area (Å²) in [6.07, 6.45) is 2.62. The molecule has 2 heterocycles. The average molecular weight is 302 g/mol. The van der Waals surface area contributed by atoms with Gasteiger partial charge in [0.05, 0.1) is 5.56 Å². The minimum Gasteiger partial charge on any atom is -0.339 e. The van der Waals surface area contributed by atoms with E-state index in [-0.39, 0.29) is 11.5 Å². The number of nitrogens with one attached hydrogen (secondary N) is 1. The van der Waals surface area contributed by atoms with Crippen LogP contribution in [0, 0.1) is 18.7 Å². The van der Waals surface area contributed by atoms with Crippen LogP contribution in [0.25, 0.3) is 0 Å². The highest BCUT2D eigenvalue weighted by Gasteiger charge is 2.25. The van der Waals surface area contributed by atoms with E-state index < -0.39 is 5.82 Å². The molecule has 5 nitrogen and oxygen atoms in total. The number of amides is 1. The Morgan fingerprint density at radius 2 is 2.09 bits per heavy atom. The zero-order valence-electron chi connectivity index (χ0n) is 12.6. The summed E-state index contributed by atoms with van der Waals surface area (Å²) in [5, 5.41) is 7.00. The van der Waals surface area contributed by atoms with Crippen molar-refractivity contribution in [2.75, 3.05) is 13.1 Å². The van der Waals surface area contributed by atoms with E-state index in [1.807, 2.05) is 6.92 Å². The predicted molar refractivity (Wildman–Crippen MR) is 79.9 cm³/mol. The first kappa shape index (κ1) is 14.7. The first-order chi connectivity index (χ1) is 10.6. The molecule has 1 fully saturated rings. The monoisotopic (exact) mass is 302 g/mol. The third-order valence-electron chi connectivity index (χ3n) is 4.12. The van der Waals surface area contributed by atoms with Crippen molar-refractivity contribution in [1.29, 1.82) is 0 Å². The standard InChI is InChI=1S/C16H19FN4O/c1-11-18-15(20-19-11)10-12-6-8-21(9-7-12)16(22)13-4-2-3-5-14(13)17/h2-5,12H,6-10H2,1H3,(H,18,19,20). The van der Waals surface area contributed by atoms with E-state index in [0.717, 1.165) is 30.9 Å². The van der Waals surface area contributed by atoms with Crippen molar-refractivity contribution in [2.45, 2.75) is 26.2 Å². The second kappa shape index (κ2) is 6.25. The number of H-pyrrole nitrogens is 1. The number of carbonyl (C=O) groups excluding carboxylic acids is 1. The fourth-order valence-electron chi connectivity index (χ4n) is 2.88. The van der Waals surface area contributed by atoms with Gasteiger partial charge in [0.1, 0.15) is 11.6 Å². The van der Waals surface area contributed by atoms with E-state index >= 15 is 0 Å². The fourth-order valence-corrected chi connectivity index (χ4v) is 2.88. The molecule has 116 valence electrons. The van der Waals surface area contributed by atoms with Crippen LogP contribution in [0.4, 0.5) is 4.39 Å². The molecule has 0 bridgehead atoms. The molecule has 0 atom stereocenters. The lowest BCUT2D eigenvalue weighted by atomic mass is 9.93. The van der Waals surface area contributed by atoms with Gasteiger partial charge in [0.15, 0.2) is 5.82 Å². The number of carbonyl (C=O) groups is 1. The summed E-state index contributed by atoms with van der Waals surface area (Å²) < 4.78 is 13.7. The van der Waals surface area contributed by atoms with E-state index in [1.54, 1.807) is 23.1 Å². The molecule has 1 aromatic carbocycles. The van der Waals surface area contributed by atoms with Crippen molar-refractivity contribution in [3.8, 4) is 0 Å². The van der Waals surface area contributed by atoms with Crippen molar-refractivity contribution < 1.29 is 9.18 Å². The summed E-state index contributed by atoms with van der Waals surface area (Å²) in [5.41, 5.74) is 0.158. The molecule has 1 aliphatic heterocycles. The number of rotatable bonds is 3. The lowest BCUT2D eigenvalue weighted by Gasteiger charge is -2.31. The molecule has 1 amide bonds. The molecule has 0 saturated carbocycles. The Hall–Kier alpha value is -2.24. The minimum absolute atomic E-state index is 0.158. The van der Waals surface area contributed by atoms with Crippen LogP contribution in [0.1, 0.15) is 34.8 Å². The number of nitrogens with zero attached hydrogens (tertiary/aromatic N) is 3. The molecule has 0 radical (unpaired) electrons. The largest absolute Gasteiger partial charge is 0.339 e. The highest BCUT2D eigenvalue weighted by atomic mass is 19.1. The van der Waals surface area contributed by atoms with Gasteiger partial charge < -0.3 is 4.90 Å². The number of aromatic nitrogens is 3. The van der Waals surface area contributed by atoms with Gasteiger partial charge in [-0.05, 0) is 37.8 Å². The predicted octanol–water partition coefficient (Wildman–Crippen LogP) is 2.35. The van der Waals surface area contributed by atoms with E-state index in [0.29, 0.717) is 19.0 Å². The average Bonchev–Trinajstić information content (AvgIpc) is 2.93. The molecule has 0 aliphatic carbocycles. The van der Waals surface area contributed by atoms with Gasteiger partial charge in [0.25, 0.3) is 5.91 Å². The molecule has 6 heteroatoms. The Labute approximate surface area is 128 Å². The topological polar surface area (TPSA) is 61.9 Å². The maximum absolute atomic E-state index is 13.7. The third kappa shape index (κ3) is 3.16. The molecule has 0 unspecified atom stereocenters. The van der Waals surface area contributed by atoms with Crippen molar-refractivity contribution in [1.82, 2.24) is 20.1 Å². The molecular formula is C16H19FN4O. The lowest BCUT2D eigenvalue weighted by molar-refractivity contribution is 0.0685. The molecule has 1 aliphatic rings. The van der Waals surface area contributed by atoms with Gasteiger partial charge in [0, 0.05) is 19.5 Å². The van der Waals surface area contributed by atoms with Crippen LogP contribution < -0.4 is 0 Å². The number of benzene rings is 1. The zero-order valence-corrected chi connectivity index (χ0v) is 12.6. The van der Waals surface area contributed by atoms with Gasteiger partial charge in [-0.25, -0.2) is 9.37 Å². The number of hydrogen-bond acceptors (Lipinski definition) is 3. The van der Waals surface area contributed by atoms with Crippen LogP contribution in [0.15, 0.2) is 24.3 Å². The molecule has 1 saturated heterocycles. The van der Waals surface area contributed by atoms with Crippen LogP contribution in [0.3, 0.4) is 0 Å². The number of piperidine rings is 1. The Kier molecular flexibility index (Phi) is 4.18. The molecule has 1 N–H and O–H groups in total. The smallest absolute Gasteiger partial charge is 0.256 e. The second-order valence-electron chi connectivity index (χ2n) is 5.76. The van der Waals surface area contributed by atoms with E-state index in [9.17, 15) is 9.18 Å². The van der Waals surface area contributed by atoms with E-state index in [1.165, 1.54) is 6.07 Å². The van der Waals surface area contributed by atoms with E-state index in [2.05, 4.69) is 15.2 Å². The molecule has 2 aromatic rings. The van der Waals surface area contributed by atoms with Gasteiger partial charge in [-0.1, -0.05) is 12.1 Å². The van der Waals surface area contributed by atoms with Crippen LogP contribution in [-0.2, 0) is 6.42 Å². The van der Waals surface area contributed by atoms with Gasteiger partial charge in [0.2, 0.25) is 0 Å². The van der Waals surface area contributed by atoms with Gasteiger partial charge >= 0.3 is 0 Å². The van der Waals surface area contributed by atoms with Crippen LogP contribution in [0.2, 0.25) is 0 Å². The quantitative estimate of drug-likeness (QED) is 0.946. The summed E-state index contributed by atoms with van der Waals surface area (Å²) in [5.74, 6) is 1.45. The molecule has 22 heavy (non-hydrogen) atoms. The number of aromatic amines is 1. The first-order valence-corrected chi connectivity index (χ1v) is 7.55. The highest BCUT2D eigenvalue weighted by Crippen LogP contribution is 2.22. The van der Waals surface area contributed by atoms with Crippen molar-refractivity contribution in [3.05, 3.63) is 47.3 Å². The SMILES string of the molecule is Cc1nc(CC2CCN(C(=O)c3ccccc3F)CC2)n[nH]1. The number of aryl methyl sites for hydroxylation is 1. The summed E-state index contributed by atoms with van der Waals surface area (Å²) in [4.78, 5) is 18.4. The zero-order chi connectivity index (χ0) is 15.5. The molecule has 1 aromatic heterocycles. The number of likely N-dealkylation sites (tertiary alicyclic amines) is 1. The fraction of sp³-hybridized carbons (Fsp3) is 0.438. The van der Waals surface area contributed by atoms with Crippen LogP contribution in [0.5, 0.6) is 0 Å². The minimum atomic E-state index is -0.453. The molecule has 0 spiro atoms. The summed E-state index contributed by atoms with van der Waals surface area (Å²) in [7, 11) is 0. The van der Waals surface area contributed by atoms with E-state index in [4.69, 9.17) is 0 Å². The van der Waals surface area contributed by atoms with Crippen molar-refractivity contribution in [3.63, 3.8) is 0 Å². The van der Waals surface area contributed by atoms with Crippen LogP contribution >= 0.6 is 0 Å². The van der Waals surface area contributed by atoms with Gasteiger partial charge in [-0.15, -0.1) is 0 Å². The van der Waals surface area contributed by atoms with Crippen molar-refractivity contribution >= 4 is 5.91 Å². The van der Waals surface area contributed by atoms with Crippen molar-refractivity contribution in [2.24, 2.45) is 5.92 Å². The molecular weight excluding hydrogens is 283 g/mol. The first-order valence-electron chi connectivity index (χ1n) is 7.55. The normalized spacial score (nSPS) is 16.0. The van der Waals surface area contributed by atoms with Gasteiger partial charge in [-0.2, -0.15) is 5.10 Å². The Balaban J connectivity index is 1.57. The van der Waals surface area contributed by atoms with Crippen LogP contribution in [-0.4, -0.2) is 39.1 Å². The third-order valence-corrected chi connectivity index (χ3v) is 4.12. The Morgan fingerprint density at radius 1 is 1.36 bits per heavy atom. The number of hydrogen-bond donors (Lipinski definition) is 1. The van der Waals surface area contributed by atoms with Gasteiger partial charge in [-0.3, -0.25) is 9.89 Å². The summed E-state index contributed by atoms with van der Waals surface area (Å²) in [6.45, 7) is 3.19. The maximum Gasteiger partial charge on any atom is 0.256 e. The molecule has 3 rings (SSSR count). The summed E-state index contributed by atoms with van der Waals surface area (Å²) in [6, 6.07) is 6.15. The second-order valence-corrected chi connectivity index (χ2v) is 5.76.